The fraction of sp³-hybridized carbons (Fsp3) is 0.800. The van der Waals surface area contributed by atoms with Crippen LogP contribution in [0.2, 0.25) is 0 Å². The number of hydrogen-bond donors (Lipinski definition) is 0. The predicted octanol–water partition coefficient (Wildman–Crippen LogP) is 2.86. The van der Waals surface area contributed by atoms with Gasteiger partial charge in [-0.2, -0.15) is 35.1 Å². The Morgan fingerprint density at radius 1 is 0.812 bits per heavy atom. The molecular weight excluding hydrogens is 260 g/mol. The van der Waals surface area contributed by atoms with Gasteiger partial charge in [-0.1, -0.05) is 0 Å². The minimum Gasteiger partial charge on any atom is -0.363 e. The van der Waals surface area contributed by atoms with Crippen molar-refractivity contribution in [2.45, 2.75) is 25.1 Å². The summed E-state index contributed by atoms with van der Waals surface area (Å²) in [4.78, 5) is 10.0. The molecule has 0 aromatic heterocycles. The van der Waals surface area contributed by atoms with Gasteiger partial charge in [0.1, 0.15) is 0 Å². The summed E-state index contributed by atoms with van der Waals surface area (Å²) >= 11 is 0. The third kappa shape index (κ3) is 4.06. The van der Waals surface area contributed by atoms with Gasteiger partial charge in [-0.25, -0.2) is 4.79 Å². The predicted molar refractivity (Wildman–Crippen MR) is 29.5 cm³/mol. The lowest BCUT2D eigenvalue weighted by molar-refractivity contribution is -0.314. The van der Waals surface area contributed by atoms with Gasteiger partial charge in [-0.15, -0.1) is 0 Å². The zero-order valence-electron chi connectivity index (χ0n) is 6.90. The van der Waals surface area contributed by atoms with Gasteiger partial charge in [0.05, 0.1) is 0 Å². The number of alkyl halides is 8. The summed E-state index contributed by atoms with van der Waals surface area (Å²) in [6.45, 7) is 0. The minimum atomic E-state index is -5.41. The fourth-order valence-corrected chi connectivity index (χ4v) is 0.332. The number of hydrogen-bond acceptors (Lipinski definition) is 3. The highest BCUT2D eigenvalue weighted by molar-refractivity contribution is 5.60. The highest BCUT2D eigenvalue weighted by Gasteiger charge is 2.51. The van der Waals surface area contributed by atoms with Crippen molar-refractivity contribution in [2.75, 3.05) is 0 Å². The van der Waals surface area contributed by atoms with Crippen molar-refractivity contribution in [1.29, 1.82) is 0 Å². The van der Waals surface area contributed by atoms with E-state index in [-0.39, 0.29) is 0 Å². The highest BCUT2D eigenvalue weighted by Crippen LogP contribution is 2.28. The maximum atomic E-state index is 11.9. The van der Waals surface area contributed by atoms with Crippen LogP contribution in [0.4, 0.5) is 39.9 Å². The standard InChI is InChI=1S/C5H2F8O3/c6-1(7)4(10,11)15-3(14)16-5(12,13)2(8)9/h1-2H. The molecule has 96 valence electrons. The maximum absolute atomic E-state index is 11.9. The van der Waals surface area contributed by atoms with Crippen molar-refractivity contribution in [3.05, 3.63) is 0 Å². The summed E-state index contributed by atoms with van der Waals surface area (Å²) in [5.41, 5.74) is 0. The van der Waals surface area contributed by atoms with Gasteiger partial charge in [0.2, 0.25) is 0 Å². The molecule has 0 rings (SSSR count). The van der Waals surface area contributed by atoms with Gasteiger partial charge in [0.15, 0.2) is 0 Å². The van der Waals surface area contributed by atoms with Gasteiger partial charge in [0, 0.05) is 0 Å². The van der Waals surface area contributed by atoms with Gasteiger partial charge >= 0.3 is 31.2 Å². The Balaban J connectivity index is 4.41. The van der Waals surface area contributed by atoms with Crippen LogP contribution in [-0.4, -0.2) is 31.2 Å². The Morgan fingerprint density at radius 3 is 1.25 bits per heavy atom. The summed E-state index contributed by atoms with van der Waals surface area (Å²) in [7, 11) is 0. The quantitative estimate of drug-likeness (QED) is 0.577. The number of carbonyl (C=O) groups is 1. The van der Waals surface area contributed by atoms with E-state index in [1.54, 1.807) is 0 Å². The van der Waals surface area contributed by atoms with Crippen molar-refractivity contribution in [3.63, 3.8) is 0 Å². The Bertz CT molecular complexity index is 228. The van der Waals surface area contributed by atoms with Crippen molar-refractivity contribution in [2.24, 2.45) is 0 Å². The van der Waals surface area contributed by atoms with Crippen LogP contribution in [0.1, 0.15) is 0 Å². The van der Waals surface area contributed by atoms with Crippen LogP contribution in [0.15, 0.2) is 0 Å². The average molecular weight is 262 g/mol. The second kappa shape index (κ2) is 4.70. The molecule has 0 saturated carbocycles. The van der Waals surface area contributed by atoms with Crippen LogP contribution >= 0.6 is 0 Å². The Kier molecular flexibility index (Phi) is 4.32. The second-order valence-corrected chi connectivity index (χ2v) is 2.18. The Hall–Kier alpha value is -1.29. The summed E-state index contributed by atoms with van der Waals surface area (Å²) in [6.07, 6.45) is -22.9. The molecule has 0 unspecified atom stereocenters. The third-order valence-corrected chi connectivity index (χ3v) is 0.947. The molecule has 0 fully saturated rings. The van der Waals surface area contributed by atoms with E-state index < -0.39 is 31.2 Å². The third-order valence-electron chi connectivity index (χ3n) is 0.947. The molecule has 0 bridgehead atoms. The first-order valence-corrected chi connectivity index (χ1v) is 3.23. The van der Waals surface area contributed by atoms with E-state index in [1.165, 1.54) is 0 Å². The summed E-state index contributed by atoms with van der Waals surface area (Å²) < 4.78 is 97.7. The first-order chi connectivity index (χ1) is 6.99. The van der Waals surface area contributed by atoms with E-state index in [2.05, 4.69) is 9.47 Å². The molecule has 0 aliphatic rings. The van der Waals surface area contributed by atoms with E-state index in [0.717, 1.165) is 0 Å². The molecule has 0 heterocycles. The SMILES string of the molecule is O=C(OC(F)(F)C(F)F)OC(F)(F)C(F)F. The van der Waals surface area contributed by atoms with E-state index >= 15 is 0 Å². The minimum absolute atomic E-state index is 2.43. The van der Waals surface area contributed by atoms with E-state index in [9.17, 15) is 39.9 Å². The molecule has 0 aliphatic heterocycles. The van der Waals surface area contributed by atoms with Gasteiger partial charge in [-0.3, -0.25) is 0 Å². The molecule has 11 heteroatoms. The number of rotatable bonds is 4. The molecule has 0 N–H and O–H groups in total. The van der Waals surface area contributed by atoms with Crippen molar-refractivity contribution >= 4 is 6.16 Å². The Labute approximate surface area is 81.9 Å². The zero-order valence-corrected chi connectivity index (χ0v) is 6.90. The van der Waals surface area contributed by atoms with Crippen LogP contribution in [0.5, 0.6) is 0 Å². The molecule has 0 radical (unpaired) electrons. The molecular formula is C5H2F8O3. The van der Waals surface area contributed by atoms with Crippen molar-refractivity contribution in [1.82, 2.24) is 0 Å². The summed E-state index contributed by atoms with van der Waals surface area (Å²) in [5, 5.41) is 0. The molecule has 3 nitrogen and oxygen atoms in total. The summed E-state index contributed by atoms with van der Waals surface area (Å²) in [6, 6.07) is 0. The van der Waals surface area contributed by atoms with Gasteiger partial charge < -0.3 is 9.47 Å². The lowest BCUT2D eigenvalue weighted by Crippen LogP contribution is -2.38. The first kappa shape index (κ1) is 14.7. The molecule has 0 aliphatic carbocycles. The number of ether oxygens (including phenoxy) is 2. The smallest absolute Gasteiger partial charge is 0.363 e. The molecule has 0 aromatic carbocycles. The van der Waals surface area contributed by atoms with E-state index in [4.69, 9.17) is 0 Å². The second-order valence-electron chi connectivity index (χ2n) is 2.18. The zero-order chi connectivity index (χ0) is 13.1. The van der Waals surface area contributed by atoms with Crippen molar-refractivity contribution < 1.29 is 49.4 Å². The first-order valence-electron chi connectivity index (χ1n) is 3.23. The van der Waals surface area contributed by atoms with Crippen molar-refractivity contribution in [3.8, 4) is 0 Å². The molecule has 16 heavy (non-hydrogen) atoms. The van der Waals surface area contributed by atoms with E-state index in [0.29, 0.717) is 0 Å². The highest BCUT2D eigenvalue weighted by atomic mass is 19.3. The number of carbonyl (C=O) groups excluding carboxylic acids is 1. The van der Waals surface area contributed by atoms with E-state index in [1.807, 2.05) is 0 Å². The van der Waals surface area contributed by atoms with Crippen LogP contribution < -0.4 is 0 Å². The molecule has 0 spiro atoms. The maximum Gasteiger partial charge on any atom is 0.518 e. The van der Waals surface area contributed by atoms with Gasteiger partial charge in [0.25, 0.3) is 0 Å². The normalized spacial score (nSPS) is 13.1. The average Bonchev–Trinajstić information content (AvgIpc) is 2.00. The molecule has 0 saturated heterocycles. The monoisotopic (exact) mass is 262 g/mol. The fourth-order valence-electron chi connectivity index (χ4n) is 0.332. The molecule has 0 atom stereocenters. The molecule has 0 aromatic rings. The van der Waals surface area contributed by atoms with Crippen LogP contribution in [0, 0.1) is 0 Å². The van der Waals surface area contributed by atoms with Crippen LogP contribution in [-0.2, 0) is 9.47 Å². The molecule has 0 amide bonds. The largest absolute Gasteiger partial charge is 0.518 e. The van der Waals surface area contributed by atoms with Crippen LogP contribution in [0.3, 0.4) is 0 Å². The van der Waals surface area contributed by atoms with Gasteiger partial charge in [-0.05, 0) is 0 Å². The lowest BCUT2D eigenvalue weighted by atomic mass is 10.6. The topological polar surface area (TPSA) is 35.5 Å². The summed E-state index contributed by atoms with van der Waals surface area (Å²) in [5.74, 6) is 0. The Morgan fingerprint density at radius 2 is 1.06 bits per heavy atom. The van der Waals surface area contributed by atoms with Crippen LogP contribution in [0.25, 0.3) is 0 Å². The number of halogens is 8. The lowest BCUT2D eigenvalue weighted by Gasteiger charge is -2.18.